The largest absolute Gasteiger partial charge is 0.465 e. The van der Waals surface area contributed by atoms with Gasteiger partial charge in [0.25, 0.3) is 0 Å². The Bertz CT molecular complexity index is 270. The molecule has 0 aromatic carbocycles. The van der Waals surface area contributed by atoms with E-state index in [1.54, 1.807) is 0 Å². The van der Waals surface area contributed by atoms with Crippen molar-refractivity contribution in [3.63, 3.8) is 0 Å². The van der Waals surface area contributed by atoms with Crippen LogP contribution in [0.15, 0.2) is 0 Å². The first-order chi connectivity index (χ1) is 8.20. The van der Waals surface area contributed by atoms with Gasteiger partial charge in [-0.15, -0.1) is 0 Å². The molecule has 0 spiro atoms. The molecular formula is C12H19NO4. The number of hydrogen-bond donors (Lipinski definition) is 0. The van der Waals surface area contributed by atoms with Crippen LogP contribution in [0.3, 0.4) is 0 Å². The van der Waals surface area contributed by atoms with Gasteiger partial charge in [-0.05, 0) is 6.42 Å². The summed E-state index contributed by atoms with van der Waals surface area (Å²) >= 11 is 0. The topological polar surface area (TPSA) is 76.4 Å². The summed E-state index contributed by atoms with van der Waals surface area (Å²) in [6, 6.07) is 1.84. The highest BCUT2D eigenvalue weighted by Crippen LogP contribution is 2.00. The summed E-state index contributed by atoms with van der Waals surface area (Å²) in [6.07, 6.45) is 3.85. The van der Waals surface area contributed by atoms with Gasteiger partial charge in [0, 0.05) is 0 Å². The summed E-state index contributed by atoms with van der Waals surface area (Å²) in [5, 5.41) is 8.22. The van der Waals surface area contributed by atoms with Crippen molar-refractivity contribution in [2.24, 2.45) is 0 Å². The molecule has 0 saturated heterocycles. The number of ether oxygens (including phenoxy) is 2. The van der Waals surface area contributed by atoms with E-state index in [0.717, 1.165) is 25.7 Å². The van der Waals surface area contributed by atoms with Crippen LogP contribution in [0.5, 0.6) is 0 Å². The molecule has 0 saturated carbocycles. The number of esters is 2. The first kappa shape index (κ1) is 15.4. The van der Waals surface area contributed by atoms with Gasteiger partial charge >= 0.3 is 11.9 Å². The second kappa shape index (κ2) is 10.9. The number of nitriles is 1. The Morgan fingerprint density at radius 2 is 1.71 bits per heavy atom. The molecule has 0 aromatic heterocycles. The molecule has 5 heteroatoms. The molecule has 0 amide bonds. The van der Waals surface area contributed by atoms with Gasteiger partial charge in [-0.1, -0.05) is 26.2 Å². The van der Waals surface area contributed by atoms with Crippen molar-refractivity contribution < 1.29 is 19.1 Å². The highest BCUT2D eigenvalue weighted by molar-refractivity contribution is 5.91. The van der Waals surface area contributed by atoms with Crippen molar-refractivity contribution in [2.75, 3.05) is 13.2 Å². The lowest BCUT2D eigenvalue weighted by Crippen LogP contribution is -2.14. The van der Waals surface area contributed by atoms with Gasteiger partial charge in [-0.25, -0.2) is 0 Å². The Morgan fingerprint density at radius 1 is 1.06 bits per heavy atom. The van der Waals surface area contributed by atoms with Crippen LogP contribution in [0, 0.1) is 11.3 Å². The number of nitrogens with zero attached hydrogens (tertiary/aromatic N) is 1. The van der Waals surface area contributed by atoms with Crippen molar-refractivity contribution >= 4 is 11.9 Å². The first-order valence-corrected chi connectivity index (χ1v) is 5.89. The van der Waals surface area contributed by atoms with E-state index in [2.05, 4.69) is 11.7 Å². The quantitative estimate of drug-likeness (QED) is 0.350. The Hall–Kier alpha value is -1.57. The predicted molar refractivity (Wildman–Crippen MR) is 60.9 cm³/mol. The summed E-state index contributed by atoms with van der Waals surface area (Å²) in [7, 11) is 0. The van der Waals surface area contributed by atoms with Crippen molar-refractivity contribution in [1.82, 2.24) is 0 Å². The minimum atomic E-state index is -0.640. The zero-order valence-electron chi connectivity index (χ0n) is 10.2. The summed E-state index contributed by atoms with van der Waals surface area (Å²) in [5.41, 5.74) is 0. The molecule has 5 nitrogen and oxygen atoms in total. The molecule has 0 aliphatic rings. The number of hydrogen-bond acceptors (Lipinski definition) is 5. The molecule has 0 atom stereocenters. The van der Waals surface area contributed by atoms with Crippen molar-refractivity contribution in [2.45, 2.75) is 45.4 Å². The Morgan fingerprint density at radius 3 is 2.29 bits per heavy atom. The molecule has 0 aliphatic carbocycles. The molecule has 0 aromatic rings. The third-order valence-electron chi connectivity index (χ3n) is 2.03. The van der Waals surface area contributed by atoms with E-state index in [1.807, 2.05) is 6.07 Å². The number of carbonyl (C=O) groups is 2. The van der Waals surface area contributed by atoms with E-state index < -0.39 is 11.9 Å². The molecule has 0 rings (SSSR count). The first-order valence-electron chi connectivity index (χ1n) is 5.89. The van der Waals surface area contributed by atoms with Gasteiger partial charge in [-0.3, -0.25) is 9.59 Å². The minimum Gasteiger partial charge on any atom is -0.465 e. The standard InChI is InChI=1S/C12H19NO4/c1-2-3-4-5-8-16-11(14)10-12(15)17-9-6-7-13/h2-6,8-10H2,1H3. The Labute approximate surface area is 102 Å². The van der Waals surface area contributed by atoms with Crippen LogP contribution >= 0.6 is 0 Å². The minimum absolute atomic E-state index is 0.0269. The molecule has 0 radical (unpaired) electrons. The fraction of sp³-hybridized carbons (Fsp3) is 0.750. The van der Waals surface area contributed by atoms with Crippen LogP contribution < -0.4 is 0 Å². The summed E-state index contributed by atoms with van der Waals surface area (Å²) in [5.74, 6) is -1.21. The zero-order valence-corrected chi connectivity index (χ0v) is 10.2. The van der Waals surface area contributed by atoms with E-state index in [4.69, 9.17) is 10.00 Å². The highest BCUT2D eigenvalue weighted by atomic mass is 16.6. The van der Waals surface area contributed by atoms with Gasteiger partial charge in [0.15, 0.2) is 0 Å². The lowest BCUT2D eigenvalue weighted by atomic mass is 10.2. The Balaban J connectivity index is 3.45. The van der Waals surface area contributed by atoms with Crippen molar-refractivity contribution in [3.05, 3.63) is 0 Å². The van der Waals surface area contributed by atoms with Gasteiger partial charge in [0.1, 0.15) is 13.0 Å². The van der Waals surface area contributed by atoms with Crippen molar-refractivity contribution in [3.8, 4) is 6.07 Å². The molecule has 17 heavy (non-hydrogen) atoms. The molecule has 0 heterocycles. The van der Waals surface area contributed by atoms with Gasteiger partial charge < -0.3 is 9.47 Å². The van der Waals surface area contributed by atoms with Crippen LogP contribution in [0.25, 0.3) is 0 Å². The van der Waals surface area contributed by atoms with E-state index in [1.165, 1.54) is 0 Å². The van der Waals surface area contributed by atoms with Crippen LogP contribution in [-0.2, 0) is 19.1 Å². The zero-order chi connectivity index (χ0) is 12.9. The number of unbranched alkanes of at least 4 members (excludes halogenated alkanes) is 3. The SMILES string of the molecule is CCCCCCOC(=O)CC(=O)OCCC#N. The average molecular weight is 241 g/mol. The molecule has 96 valence electrons. The van der Waals surface area contributed by atoms with E-state index in [-0.39, 0.29) is 19.4 Å². The predicted octanol–water partition coefficient (Wildman–Crippen LogP) is 1.96. The fourth-order valence-corrected chi connectivity index (χ4v) is 1.15. The molecule has 0 fully saturated rings. The average Bonchev–Trinajstić information content (AvgIpc) is 2.29. The molecular weight excluding hydrogens is 222 g/mol. The smallest absolute Gasteiger partial charge is 0.317 e. The Kier molecular flexibility index (Phi) is 9.92. The normalized spacial score (nSPS) is 9.41. The second-order valence-electron chi connectivity index (χ2n) is 3.59. The summed E-state index contributed by atoms with van der Waals surface area (Å²) < 4.78 is 9.50. The summed E-state index contributed by atoms with van der Waals surface area (Å²) in [4.78, 5) is 22.2. The lowest BCUT2D eigenvalue weighted by Gasteiger charge is -2.04. The van der Waals surface area contributed by atoms with Crippen LogP contribution in [0.1, 0.15) is 45.4 Å². The maximum Gasteiger partial charge on any atom is 0.317 e. The van der Waals surface area contributed by atoms with Crippen molar-refractivity contribution in [1.29, 1.82) is 5.26 Å². The maximum atomic E-state index is 11.1. The van der Waals surface area contributed by atoms with E-state index in [0.29, 0.717) is 6.61 Å². The third kappa shape index (κ3) is 10.7. The number of carbonyl (C=O) groups excluding carboxylic acids is 2. The van der Waals surface area contributed by atoms with Gasteiger partial charge in [0.2, 0.25) is 0 Å². The monoisotopic (exact) mass is 241 g/mol. The third-order valence-corrected chi connectivity index (χ3v) is 2.03. The summed E-state index contributed by atoms with van der Waals surface area (Å²) in [6.45, 7) is 2.48. The van der Waals surface area contributed by atoms with E-state index >= 15 is 0 Å². The molecule has 0 N–H and O–H groups in total. The fourth-order valence-electron chi connectivity index (χ4n) is 1.15. The molecule has 0 aliphatic heterocycles. The van der Waals surface area contributed by atoms with E-state index in [9.17, 15) is 9.59 Å². The van der Waals surface area contributed by atoms with Crippen LogP contribution in [0.2, 0.25) is 0 Å². The number of rotatable bonds is 9. The maximum absolute atomic E-state index is 11.1. The highest BCUT2D eigenvalue weighted by Gasteiger charge is 2.11. The van der Waals surface area contributed by atoms with Crippen LogP contribution in [0.4, 0.5) is 0 Å². The van der Waals surface area contributed by atoms with Gasteiger partial charge in [-0.2, -0.15) is 5.26 Å². The van der Waals surface area contributed by atoms with Crippen LogP contribution in [-0.4, -0.2) is 25.2 Å². The van der Waals surface area contributed by atoms with Gasteiger partial charge in [0.05, 0.1) is 19.1 Å². The molecule has 0 unspecified atom stereocenters. The lowest BCUT2D eigenvalue weighted by molar-refractivity contribution is -0.154. The second-order valence-corrected chi connectivity index (χ2v) is 3.59. The molecule has 0 bridgehead atoms.